The highest BCUT2D eigenvalue weighted by molar-refractivity contribution is 5.80. The van der Waals surface area contributed by atoms with Gasteiger partial charge in [-0.05, 0) is 51.1 Å². The van der Waals surface area contributed by atoms with Gasteiger partial charge in [0.1, 0.15) is 5.82 Å². The molecular formula is C23H37FN6O. The van der Waals surface area contributed by atoms with E-state index in [-0.39, 0.29) is 11.7 Å². The minimum Gasteiger partial charge on any atom is -0.352 e. The van der Waals surface area contributed by atoms with Gasteiger partial charge in [-0.1, -0.05) is 6.07 Å². The van der Waals surface area contributed by atoms with E-state index in [1.807, 2.05) is 36.0 Å². The zero-order valence-corrected chi connectivity index (χ0v) is 19.2. The van der Waals surface area contributed by atoms with Crippen LogP contribution in [0.1, 0.15) is 30.4 Å². The van der Waals surface area contributed by atoms with E-state index in [1.54, 1.807) is 7.05 Å². The van der Waals surface area contributed by atoms with Crippen molar-refractivity contribution in [1.82, 2.24) is 24.9 Å². The van der Waals surface area contributed by atoms with Gasteiger partial charge >= 0.3 is 0 Å². The van der Waals surface area contributed by atoms with Crippen LogP contribution in [-0.4, -0.2) is 98.4 Å². The summed E-state index contributed by atoms with van der Waals surface area (Å²) in [7, 11) is 5.66. The van der Waals surface area contributed by atoms with Crippen LogP contribution in [0.2, 0.25) is 0 Å². The molecule has 1 N–H and O–H groups in total. The van der Waals surface area contributed by atoms with Crippen molar-refractivity contribution in [2.75, 3.05) is 67.0 Å². The summed E-state index contributed by atoms with van der Waals surface area (Å²) in [6.07, 6.45) is 3.50. The zero-order chi connectivity index (χ0) is 22.2. The van der Waals surface area contributed by atoms with Crippen molar-refractivity contribution >= 4 is 11.9 Å². The predicted octanol–water partition coefficient (Wildman–Crippen LogP) is 1.59. The molecule has 0 bridgehead atoms. The second kappa shape index (κ2) is 11.4. The predicted molar refractivity (Wildman–Crippen MR) is 122 cm³/mol. The normalized spacial score (nSPS) is 18.5. The number of benzene rings is 1. The number of aliphatic imine (C=N–C) groups is 1. The van der Waals surface area contributed by atoms with Gasteiger partial charge in [-0.15, -0.1) is 0 Å². The van der Waals surface area contributed by atoms with Gasteiger partial charge in [0.15, 0.2) is 5.96 Å². The van der Waals surface area contributed by atoms with Crippen molar-refractivity contribution in [3.8, 4) is 0 Å². The first-order chi connectivity index (χ1) is 15.0. The van der Waals surface area contributed by atoms with Crippen molar-refractivity contribution in [1.29, 1.82) is 0 Å². The van der Waals surface area contributed by atoms with E-state index < -0.39 is 0 Å². The number of likely N-dealkylation sites (tertiary alicyclic amines) is 1. The molecule has 0 atom stereocenters. The highest BCUT2D eigenvalue weighted by atomic mass is 19.1. The van der Waals surface area contributed by atoms with E-state index >= 15 is 0 Å². The molecule has 0 spiro atoms. The van der Waals surface area contributed by atoms with Crippen LogP contribution in [0.25, 0.3) is 0 Å². The molecule has 1 aromatic rings. The number of carbonyl (C=O) groups is 1. The summed E-state index contributed by atoms with van der Waals surface area (Å²) in [5.74, 6) is 0.943. The number of nitrogens with zero attached hydrogens (tertiary/aromatic N) is 5. The summed E-state index contributed by atoms with van der Waals surface area (Å²) in [5.41, 5.74) is 1.73. The number of carbonyl (C=O) groups excluding carboxylic acids is 1. The first-order valence-corrected chi connectivity index (χ1v) is 11.3. The van der Waals surface area contributed by atoms with Gasteiger partial charge in [0.25, 0.3) is 0 Å². The van der Waals surface area contributed by atoms with E-state index in [2.05, 4.69) is 20.1 Å². The lowest BCUT2D eigenvalue weighted by molar-refractivity contribution is -0.133. The number of nitrogens with one attached hydrogen (secondary N) is 1. The van der Waals surface area contributed by atoms with Crippen LogP contribution in [0.4, 0.5) is 4.39 Å². The van der Waals surface area contributed by atoms with Gasteiger partial charge in [0.2, 0.25) is 5.91 Å². The lowest BCUT2D eigenvalue weighted by Gasteiger charge is -2.37. The van der Waals surface area contributed by atoms with Crippen LogP contribution < -0.4 is 5.32 Å². The largest absolute Gasteiger partial charge is 0.352 e. The molecule has 0 saturated carbocycles. The lowest BCUT2D eigenvalue weighted by Crippen LogP contribution is -2.54. The Morgan fingerprint density at radius 3 is 2.42 bits per heavy atom. The first-order valence-electron chi connectivity index (χ1n) is 11.3. The van der Waals surface area contributed by atoms with Crippen molar-refractivity contribution in [3.05, 3.63) is 35.1 Å². The van der Waals surface area contributed by atoms with E-state index in [4.69, 9.17) is 0 Å². The SMILES string of the molecule is CN=C(NCc1ccc(F)c(CN(C)C)c1)N1CCN(CC(=O)N2CCCCC2)CC1. The maximum atomic E-state index is 14.0. The number of piperidine rings is 1. The second-order valence-corrected chi connectivity index (χ2v) is 8.77. The van der Waals surface area contributed by atoms with Crippen molar-refractivity contribution in [2.24, 2.45) is 4.99 Å². The smallest absolute Gasteiger partial charge is 0.236 e. The van der Waals surface area contributed by atoms with Crippen LogP contribution in [0.5, 0.6) is 0 Å². The summed E-state index contributed by atoms with van der Waals surface area (Å²) in [5, 5.41) is 3.41. The highest BCUT2D eigenvalue weighted by Crippen LogP contribution is 2.13. The minimum absolute atomic E-state index is 0.169. The molecule has 2 heterocycles. The second-order valence-electron chi connectivity index (χ2n) is 8.77. The fraction of sp³-hybridized carbons (Fsp3) is 0.652. The average molecular weight is 433 g/mol. The van der Waals surface area contributed by atoms with Crippen LogP contribution >= 0.6 is 0 Å². The van der Waals surface area contributed by atoms with Crippen LogP contribution in [0.15, 0.2) is 23.2 Å². The van der Waals surface area contributed by atoms with E-state index in [0.29, 0.717) is 25.2 Å². The molecule has 2 fully saturated rings. The Morgan fingerprint density at radius 1 is 1.06 bits per heavy atom. The third-order valence-electron chi connectivity index (χ3n) is 6.00. The first kappa shape index (κ1) is 23.5. The molecule has 1 aromatic carbocycles. The fourth-order valence-corrected chi connectivity index (χ4v) is 4.27. The van der Waals surface area contributed by atoms with Crippen LogP contribution in [-0.2, 0) is 17.9 Å². The molecule has 7 nitrogen and oxygen atoms in total. The lowest BCUT2D eigenvalue weighted by atomic mass is 10.1. The molecule has 1 amide bonds. The van der Waals surface area contributed by atoms with E-state index in [1.165, 1.54) is 12.5 Å². The van der Waals surface area contributed by atoms with Gasteiger partial charge in [-0.25, -0.2) is 4.39 Å². The quantitative estimate of drug-likeness (QED) is 0.547. The Balaban J connectivity index is 1.46. The molecule has 31 heavy (non-hydrogen) atoms. The molecular weight excluding hydrogens is 395 g/mol. The topological polar surface area (TPSA) is 54.4 Å². The standard InChI is InChI=1S/C23H37FN6O/c1-25-23(26-16-19-7-8-21(24)20(15-19)17-27(2)3)30-13-11-28(12-14-30)18-22(31)29-9-5-4-6-10-29/h7-8,15H,4-6,9-14,16-18H2,1-3H3,(H,25,26). The minimum atomic E-state index is -0.169. The molecule has 0 radical (unpaired) electrons. The number of guanidine groups is 1. The Hall–Kier alpha value is -2.19. The molecule has 2 aliphatic heterocycles. The third kappa shape index (κ3) is 6.90. The van der Waals surface area contributed by atoms with E-state index in [9.17, 15) is 9.18 Å². The van der Waals surface area contributed by atoms with Crippen molar-refractivity contribution in [3.63, 3.8) is 0 Å². The van der Waals surface area contributed by atoms with Gasteiger partial charge in [0.05, 0.1) is 6.54 Å². The Bertz CT molecular complexity index is 754. The van der Waals surface area contributed by atoms with E-state index in [0.717, 1.165) is 63.6 Å². The molecule has 2 aliphatic rings. The van der Waals surface area contributed by atoms with Gasteiger partial charge < -0.3 is 20.0 Å². The van der Waals surface area contributed by atoms with Gasteiger partial charge in [-0.3, -0.25) is 14.7 Å². The molecule has 2 saturated heterocycles. The summed E-state index contributed by atoms with van der Waals surface area (Å²) >= 11 is 0. The average Bonchev–Trinajstić information content (AvgIpc) is 2.77. The maximum Gasteiger partial charge on any atom is 0.236 e. The van der Waals surface area contributed by atoms with Crippen molar-refractivity contribution < 1.29 is 9.18 Å². The Morgan fingerprint density at radius 2 is 1.77 bits per heavy atom. The highest BCUT2D eigenvalue weighted by Gasteiger charge is 2.24. The number of amides is 1. The summed E-state index contributed by atoms with van der Waals surface area (Å²) in [6, 6.07) is 5.27. The van der Waals surface area contributed by atoms with Crippen LogP contribution in [0.3, 0.4) is 0 Å². The zero-order valence-electron chi connectivity index (χ0n) is 19.2. The summed E-state index contributed by atoms with van der Waals surface area (Å²) in [4.78, 5) is 25.4. The van der Waals surface area contributed by atoms with Gasteiger partial charge in [0, 0.05) is 65.0 Å². The third-order valence-corrected chi connectivity index (χ3v) is 6.00. The van der Waals surface area contributed by atoms with Crippen LogP contribution in [0, 0.1) is 5.82 Å². The fourth-order valence-electron chi connectivity index (χ4n) is 4.27. The maximum absolute atomic E-state index is 14.0. The molecule has 8 heteroatoms. The Kier molecular flexibility index (Phi) is 8.66. The number of piperazine rings is 1. The van der Waals surface area contributed by atoms with Gasteiger partial charge in [-0.2, -0.15) is 0 Å². The molecule has 0 aromatic heterocycles. The molecule has 0 unspecified atom stereocenters. The molecule has 0 aliphatic carbocycles. The summed E-state index contributed by atoms with van der Waals surface area (Å²) in [6.45, 7) is 6.89. The number of rotatable bonds is 6. The van der Waals surface area contributed by atoms with Crippen molar-refractivity contribution in [2.45, 2.75) is 32.4 Å². The number of hydrogen-bond acceptors (Lipinski definition) is 4. The number of hydrogen-bond donors (Lipinski definition) is 1. The summed E-state index contributed by atoms with van der Waals surface area (Å²) < 4.78 is 14.0. The molecule has 3 rings (SSSR count). The monoisotopic (exact) mass is 432 g/mol. The number of halogens is 1. The molecule has 172 valence electrons. The Labute approximate surface area is 185 Å².